The summed E-state index contributed by atoms with van der Waals surface area (Å²) in [6.45, 7) is 0.286. The molecule has 0 unspecified atom stereocenters. The molecule has 0 radical (unpaired) electrons. The minimum Gasteiger partial charge on any atom is -0.457 e. The predicted octanol–water partition coefficient (Wildman–Crippen LogP) is 6.51. The van der Waals surface area contributed by atoms with Gasteiger partial charge in [0, 0.05) is 17.1 Å². The molecule has 31 heavy (non-hydrogen) atoms. The largest absolute Gasteiger partial charge is 0.457 e. The second kappa shape index (κ2) is 9.20. The molecule has 0 atom stereocenters. The van der Waals surface area contributed by atoms with Gasteiger partial charge in [0.2, 0.25) is 0 Å². The number of rotatable bonds is 6. The average molecular weight is 457 g/mol. The van der Waals surface area contributed by atoms with E-state index in [0.29, 0.717) is 27.1 Å². The zero-order valence-corrected chi connectivity index (χ0v) is 17.5. The number of halogens is 3. The summed E-state index contributed by atoms with van der Waals surface area (Å²) in [5.41, 5.74) is 1.65. The Hall–Kier alpha value is -3.35. The van der Waals surface area contributed by atoms with Gasteiger partial charge >= 0.3 is 0 Å². The Labute approximate surface area is 187 Å². The van der Waals surface area contributed by atoms with Crippen molar-refractivity contribution in [1.82, 2.24) is 10.5 Å². The van der Waals surface area contributed by atoms with Crippen LogP contribution in [0.5, 0.6) is 11.5 Å². The summed E-state index contributed by atoms with van der Waals surface area (Å²) in [5.74, 6) is 0.715. The highest BCUT2D eigenvalue weighted by molar-refractivity contribution is 6.36. The van der Waals surface area contributed by atoms with Crippen LogP contribution < -0.4 is 10.1 Å². The number of aromatic nitrogens is 1. The van der Waals surface area contributed by atoms with Crippen molar-refractivity contribution in [1.29, 1.82) is 0 Å². The number of benzene rings is 3. The van der Waals surface area contributed by atoms with Gasteiger partial charge in [-0.3, -0.25) is 4.79 Å². The van der Waals surface area contributed by atoms with Gasteiger partial charge < -0.3 is 14.6 Å². The third-order valence-electron chi connectivity index (χ3n) is 4.42. The van der Waals surface area contributed by atoms with Crippen molar-refractivity contribution < 1.29 is 18.4 Å². The second-order valence-corrected chi connectivity index (χ2v) is 7.42. The van der Waals surface area contributed by atoms with Gasteiger partial charge in [-0.05, 0) is 60.2 Å². The fourth-order valence-corrected chi connectivity index (χ4v) is 3.36. The smallest absolute Gasteiger partial charge is 0.257 e. The van der Waals surface area contributed by atoms with E-state index < -0.39 is 0 Å². The average Bonchev–Trinajstić information content (AvgIpc) is 3.24. The van der Waals surface area contributed by atoms with Crippen LogP contribution in [0.3, 0.4) is 0 Å². The first-order valence-corrected chi connectivity index (χ1v) is 9.96. The first-order valence-electron chi connectivity index (χ1n) is 9.20. The lowest BCUT2D eigenvalue weighted by atomic mass is 10.1. The Balaban J connectivity index is 1.40. The van der Waals surface area contributed by atoms with Crippen molar-refractivity contribution in [2.45, 2.75) is 6.54 Å². The molecule has 5 nitrogen and oxygen atoms in total. The van der Waals surface area contributed by atoms with E-state index in [9.17, 15) is 9.18 Å². The molecule has 1 amide bonds. The van der Waals surface area contributed by atoms with E-state index in [1.165, 1.54) is 18.3 Å². The minimum atomic E-state index is -0.353. The van der Waals surface area contributed by atoms with E-state index >= 15 is 0 Å². The Morgan fingerprint density at radius 1 is 1.00 bits per heavy atom. The SMILES string of the molecule is O=C(NCc1ccc(Oc2ccc(F)cc2)cc1)c1cnoc1-c1ccc(Cl)cc1Cl. The molecule has 1 aromatic heterocycles. The van der Waals surface area contributed by atoms with E-state index in [-0.39, 0.29) is 29.6 Å². The molecule has 0 bridgehead atoms. The summed E-state index contributed by atoms with van der Waals surface area (Å²) in [5, 5.41) is 7.39. The van der Waals surface area contributed by atoms with Crippen LogP contribution in [0.25, 0.3) is 11.3 Å². The van der Waals surface area contributed by atoms with Gasteiger partial charge in [0.1, 0.15) is 22.9 Å². The fraction of sp³-hybridized carbons (Fsp3) is 0.0435. The van der Waals surface area contributed by atoms with Crippen LogP contribution in [-0.4, -0.2) is 11.1 Å². The monoisotopic (exact) mass is 456 g/mol. The topological polar surface area (TPSA) is 64.4 Å². The molecule has 4 rings (SSSR count). The van der Waals surface area contributed by atoms with Gasteiger partial charge in [-0.1, -0.05) is 40.5 Å². The summed E-state index contributed by atoms with van der Waals surface area (Å²) >= 11 is 12.1. The van der Waals surface area contributed by atoms with Gasteiger partial charge in [-0.25, -0.2) is 4.39 Å². The zero-order valence-electron chi connectivity index (χ0n) is 15.9. The highest BCUT2D eigenvalue weighted by Gasteiger charge is 2.20. The Morgan fingerprint density at radius 2 is 1.68 bits per heavy atom. The molecular weight excluding hydrogens is 442 g/mol. The van der Waals surface area contributed by atoms with Crippen LogP contribution in [0.1, 0.15) is 15.9 Å². The molecule has 0 spiro atoms. The number of nitrogens with zero attached hydrogens (tertiary/aromatic N) is 1. The molecule has 1 N–H and O–H groups in total. The van der Waals surface area contributed by atoms with Gasteiger partial charge in [0.25, 0.3) is 5.91 Å². The molecule has 0 fully saturated rings. The molecule has 8 heteroatoms. The maximum Gasteiger partial charge on any atom is 0.257 e. The van der Waals surface area contributed by atoms with Crippen molar-refractivity contribution in [3.8, 4) is 22.8 Å². The molecule has 4 aromatic rings. The zero-order chi connectivity index (χ0) is 21.8. The van der Waals surface area contributed by atoms with Crippen LogP contribution in [0.4, 0.5) is 4.39 Å². The summed E-state index contributed by atoms with van der Waals surface area (Å²) < 4.78 is 23.9. The van der Waals surface area contributed by atoms with Crippen LogP contribution in [0.2, 0.25) is 10.0 Å². The first kappa shape index (κ1) is 20.9. The lowest BCUT2D eigenvalue weighted by molar-refractivity contribution is 0.0951. The molecule has 156 valence electrons. The molecule has 0 aliphatic rings. The number of ether oxygens (including phenoxy) is 1. The number of carbonyl (C=O) groups is 1. The first-order chi connectivity index (χ1) is 15.0. The van der Waals surface area contributed by atoms with Crippen molar-refractivity contribution in [2.24, 2.45) is 0 Å². The number of hydrogen-bond donors (Lipinski definition) is 1. The van der Waals surface area contributed by atoms with Crippen LogP contribution in [-0.2, 0) is 6.54 Å². The number of nitrogens with one attached hydrogen (secondary N) is 1. The summed E-state index contributed by atoms with van der Waals surface area (Å²) in [6, 6.07) is 17.8. The highest BCUT2D eigenvalue weighted by atomic mass is 35.5. The minimum absolute atomic E-state index is 0.264. The lowest BCUT2D eigenvalue weighted by Gasteiger charge is -2.08. The second-order valence-electron chi connectivity index (χ2n) is 6.58. The van der Waals surface area contributed by atoms with Crippen molar-refractivity contribution >= 4 is 29.1 Å². The quantitative estimate of drug-likeness (QED) is 0.359. The Bertz CT molecular complexity index is 1210. The molecule has 0 aliphatic heterocycles. The summed E-state index contributed by atoms with van der Waals surface area (Å²) in [7, 11) is 0. The molecule has 3 aromatic carbocycles. The molecule has 0 saturated carbocycles. The van der Waals surface area contributed by atoms with Gasteiger partial charge in [-0.15, -0.1) is 0 Å². The Morgan fingerprint density at radius 3 is 2.35 bits per heavy atom. The third-order valence-corrected chi connectivity index (χ3v) is 4.96. The van der Waals surface area contributed by atoms with E-state index in [0.717, 1.165) is 5.56 Å². The lowest BCUT2D eigenvalue weighted by Crippen LogP contribution is -2.22. The van der Waals surface area contributed by atoms with Crippen molar-refractivity contribution in [3.63, 3.8) is 0 Å². The Kier molecular flexibility index (Phi) is 6.21. The van der Waals surface area contributed by atoms with E-state index in [1.54, 1.807) is 42.5 Å². The molecule has 1 heterocycles. The number of carbonyl (C=O) groups excluding carboxylic acids is 1. The predicted molar refractivity (Wildman–Crippen MR) is 116 cm³/mol. The van der Waals surface area contributed by atoms with Crippen molar-refractivity contribution in [3.05, 3.63) is 99.9 Å². The molecule has 0 saturated heterocycles. The summed E-state index contributed by atoms with van der Waals surface area (Å²) in [4.78, 5) is 12.7. The van der Waals surface area contributed by atoms with Crippen LogP contribution in [0.15, 0.2) is 77.4 Å². The third kappa shape index (κ3) is 5.05. The van der Waals surface area contributed by atoms with Crippen LogP contribution >= 0.6 is 23.2 Å². The maximum atomic E-state index is 13.0. The van der Waals surface area contributed by atoms with E-state index in [2.05, 4.69) is 10.5 Å². The standard InChI is InChI=1S/C23H15Cl2FN2O3/c24-15-3-10-19(21(25)11-15)22-20(13-28-31-22)23(29)27-12-14-1-6-17(7-2-14)30-18-8-4-16(26)5-9-18/h1-11,13H,12H2,(H,27,29). The molecule has 0 aliphatic carbocycles. The summed E-state index contributed by atoms with van der Waals surface area (Å²) in [6.07, 6.45) is 1.34. The van der Waals surface area contributed by atoms with Crippen molar-refractivity contribution in [2.75, 3.05) is 0 Å². The van der Waals surface area contributed by atoms with Gasteiger partial charge in [-0.2, -0.15) is 0 Å². The molecular formula is C23H15Cl2FN2O3. The number of amides is 1. The van der Waals surface area contributed by atoms with Gasteiger partial charge in [0.15, 0.2) is 5.76 Å². The van der Waals surface area contributed by atoms with E-state index in [1.807, 2.05) is 12.1 Å². The van der Waals surface area contributed by atoms with Crippen LogP contribution in [0, 0.1) is 5.82 Å². The van der Waals surface area contributed by atoms with E-state index in [4.69, 9.17) is 32.5 Å². The highest BCUT2D eigenvalue weighted by Crippen LogP contribution is 2.32. The number of hydrogen-bond acceptors (Lipinski definition) is 4. The normalized spacial score (nSPS) is 10.7. The fourth-order valence-electron chi connectivity index (χ4n) is 2.86. The maximum absolute atomic E-state index is 13.0. The van der Waals surface area contributed by atoms with Gasteiger partial charge in [0.05, 0.1) is 11.2 Å².